The van der Waals surface area contributed by atoms with Gasteiger partial charge in [-0.05, 0) is 6.92 Å². The van der Waals surface area contributed by atoms with Crippen LogP contribution in [0.25, 0.3) is 0 Å². The minimum absolute atomic E-state index is 1.08. The Balaban J connectivity index is 4.15. The molecular weight excluding hydrogens is 191 g/mol. The van der Waals surface area contributed by atoms with E-state index in [0.717, 1.165) is 6.92 Å². The Hall–Kier alpha value is -0.460. The van der Waals surface area contributed by atoms with Crippen LogP contribution >= 0.6 is 7.82 Å². The minimum atomic E-state index is -4.94. The van der Waals surface area contributed by atoms with E-state index in [1.54, 1.807) is 0 Å². The van der Waals surface area contributed by atoms with Gasteiger partial charge in [-0.25, -0.2) is 9.36 Å². The SMILES string of the molecule is CC(O)C(O)C(=O)OP(=O)(O)O. The van der Waals surface area contributed by atoms with Crippen molar-refractivity contribution in [3.8, 4) is 0 Å². The molecule has 0 fully saturated rings. The first-order chi connectivity index (χ1) is 5.24. The molecule has 0 saturated carbocycles. The number of hydrogen-bond donors (Lipinski definition) is 4. The molecule has 8 heteroatoms. The molecule has 4 N–H and O–H groups in total. The van der Waals surface area contributed by atoms with Crippen molar-refractivity contribution in [3.05, 3.63) is 0 Å². The van der Waals surface area contributed by atoms with E-state index in [1.807, 2.05) is 0 Å². The van der Waals surface area contributed by atoms with Gasteiger partial charge in [-0.1, -0.05) is 0 Å². The highest BCUT2D eigenvalue weighted by Gasteiger charge is 2.28. The maximum atomic E-state index is 10.5. The highest BCUT2D eigenvalue weighted by molar-refractivity contribution is 7.46. The molecule has 0 amide bonds. The van der Waals surface area contributed by atoms with Crippen molar-refractivity contribution in [1.82, 2.24) is 0 Å². The van der Waals surface area contributed by atoms with E-state index in [1.165, 1.54) is 0 Å². The van der Waals surface area contributed by atoms with Crippen LogP contribution < -0.4 is 0 Å². The molecule has 0 spiro atoms. The zero-order chi connectivity index (χ0) is 9.94. The Labute approximate surface area is 67.8 Å². The van der Waals surface area contributed by atoms with E-state index < -0.39 is 26.0 Å². The minimum Gasteiger partial charge on any atom is -0.390 e. The second-order valence-corrected chi connectivity index (χ2v) is 3.25. The van der Waals surface area contributed by atoms with Crippen LogP contribution in [-0.4, -0.2) is 38.2 Å². The fraction of sp³-hybridized carbons (Fsp3) is 0.750. The first-order valence-electron chi connectivity index (χ1n) is 2.89. The van der Waals surface area contributed by atoms with Gasteiger partial charge in [0.1, 0.15) is 0 Å². The number of phosphoric ester groups is 1. The molecule has 0 aromatic carbocycles. The summed E-state index contributed by atoms with van der Waals surface area (Å²) in [6.45, 7) is 1.08. The largest absolute Gasteiger partial charge is 0.527 e. The Morgan fingerprint density at radius 2 is 1.83 bits per heavy atom. The van der Waals surface area contributed by atoms with E-state index in [-0.39, 0.29) is 0 Å². The molecule has 0 bridgehead atoms. The van der Waals surface area contributed by atoms with Crippen molar-refractivity contribution in [3.63, 3.8) is 0 Å². The van der Waals surface area contributed by atoms with Gasteiger partial charge in [-0.2, -0.15) is 0 Å². The molecule has 0 aliphatic carbocycles. The molecule has 0 rings (SSSR count). The lowest BCUT2D eigenvalue weighted by atomic mass is 10.2. The van der Waals surface area contributed by atoms with E-state index in [0.29, 0.717) is 0 Å². The van der Waals surface area contributed by atoms with Crippen molar-refractivity contribution >= 4 is 13.8 Å². The van der Waals surface area contributed by atoms with Crippen LogP contribution in [0.4, 0.5) is 0 Å². The monoisotopic (exact) mass is 200 g/mol. The molecule has 2 unspecified atom stereocenters. The highest BCUT2D eigenvalue weighted by atomic mass is 31.2. The smallest absolute Gasteiger partial charge is 0.390 e. The predicted octanol–water partition coefficient (Wildman–Crippen LogP) is -1.64. The standard InChI is InChI=1S/C4H9O7P/c1-2(5)3(6)4(7)11-12(8,9)10/h2-3,5-6H,1H3,(H2,8,9,10). The van der Waals surface area contributed by atoms with Gasteiger partial charge in [0, 0.05) is 0 Å². The number of carbonyl (C=O) groups excluding carboxylic acids is 1. The first-order valence-corrected chi connectivity index (χ1v) is 4.42. The van der Waals surface area contributed by atoms with Crippen molar-refractivity contribution in [2.24, 2.45) is 0 Å². The van der Waals surface area contributed by atoms with Crippen molar-refractivity contribution in [2.45, 2.75) is 19.1 Å². The van der Waals surface area contributed by atoms with Crippen LogP contribution in [0.2, 0.25) is 0 Å². The van der Waals surface area contributed by atoms with Crippen LogP contribution in [0.1, 0.15) is 6.92 Å². The Morgan fingerprint density at radius 3 is 2.08 bits per heavy atom. The van der Waals surface area contributed by atoms with E-state index >= 15 is 0 Å². The highest BCUT2D eigenvalue weighted by Crippen LogP contribution is 2.36. The molecule has 72 valence electrons. The average Bonchev–Trinajstić information content (AvgIpc) is 1.82. The fourth-order valence-corrected chi connectivity index (χ4v) is 0.711. The van der Waals surface area contributed by atoms with E-state index in [9.17, 15) is 9.36 Å². The number of phosphoric acid groups is 1. The van der Waals surface area contributed by atoms with Crippen LogP contribution in [0.5, 0.6) is 0 Å². The van der Waals surface area contributed by atoms with Gasteiger partial charge >= 0.3 is 13.8 Å². The summed E-state index contributed by atoms with van der Waals surface area (Å²) in [4.78, 5) is 26.7. The molecule has 0 saturated heterocycles. The molecule has 0 aliphatic rings. The number of aliphatic hydroxyl groups excluding tert-OH is 2. The van der Waals surface area contributed by atoms with Gasteiger partial charge in [-0.15, -0.1) is 0 Å². The summed E-state index contributed by atoms with van der Waals surface area (Å²) in [6.07, 6.45) is -3.39. The number of carbonyl (C=O) groups is 1. The van der Waals surface area contributed by atoms with Crippen LogP contribution in [-0.2, 0) is 13.9 Å². The predicted molar refractivity (Wildman–Crippen MR) is 35.8 cm³/mol. The number of hydrogen-bond acceptors (Lipinski definition) is 5. The third-order valence-electron chi connectivity index (χ3n) is 0.907. The van der Waals surface area contributed by atoms with Gasteiger partial charge in [0.25, 0.3) is 0 Å². The molecule has 0 aromatic rings. The third-order valence-corrected chi connectivity index (χ3v) is 1.33. The zero-order valence-corrected chi connectivity index (χ0v) is 7.01. The zero-order valence-electron chi connectivity index (χ0n) is 6.12. The fourth-order valence-electron chi connectivity index (χ4n) is 0.368. The van der Waals surface area contributed by atoms with E-state index in [2.05, 4.69) is 4.52 Å². The Kier molecular flexibility index (Phi) is 3.82. The van der Waals surface area contributed by atoms with E-state index in [4.69, 9.17) is 20.0 Å². The van der Waals surface area contributed by atoms with Gasteiger partial charge in [-0.3, -0.25) is 9.79 Å². The average molecular weight is 200 g/mol. The molecule has 12 heavy (non-hydrogen) atoms. The number of aliphatic hydroxyl groups is 2. The molecule has 0 aliphatic heterocycles. The normalized spacial score (nSPS) is 16.8. The van der Waals surface area contributed by atoms with Gasteiger partial charge in [0.15, 0.2) is 6.10 Å². The van der Waals surface area contributed by atoms with Crippen molar-refractivity contribution in [2.75, 3.05) is 0 Å². The maximum absolute atomic E-state index is 10.5. The lowest BCUT2D eigenvalue weighted by molar-refractivity contribution is -0.150. The van der Waals surface area contributed by atoms with Gasteiger partial charge in [0.2, 0.25) is 0 Å². The van der Waals surface area contributed by atoms with Gasteiger partial charge in [0.05, 0.1) is 6.10 Å². The summed E-state index contributed by atoms with van der Waals surface area (Å²) in [5.41, 5.74) is 0. The van der Waals surface area contributed by atoms with Crippen molar-refractivity contribution in [1.29, 1.82) is 0 Å². The van der Waals surface area contributed by atoms with Gasteiger partial charge < -0.3 is 14.7 Å². The van der Waals surface area contributed by atoms with Crippen LogP contribution in [0, 0.1) is 0 Å². The first kappa shape index (κ1) is 11.5. The molecule has 0 heterocycles. The molecular formula is C4H9O7P. The summed E-state index contributed by atoms with van der Waals surface area (Å²) < 4.78 is 13.5. The lowest BCUT2D eigenvalue weighted by Gasteiger charge is -2.12. The topological polar surface area (TPSA) is 124 Å². The maximum Gasteiger partial charge on any atom is 0.527 e. The third kappa shape index (κ3) is 4.42. The molecule has 7 nitrogen and oxygen atoms in total. The van der Waals surface area contributed by atoms with Crippen LogP contribution in [0.3, 0.4) is 0 Å². The second kappa shape index (κ2) is 3.97. The summed E-state index contributed by atoms with van der Waals surface area (Å²) in [6, 6.07) is 0. The summed E-state index contributed by atoms with van der Waals surface area (Å²) in [5, 5.41) is 17.3. The Morgan fingerprint density at radius 1 is 1.42 bits per heavy atom. The summed E-state index contributed by atoms with van der Waals surface area (Å²) in [7, 11) is -4.94. The molecule has 0 radical (unpaired) electrons. The Bertz CT molecular complexity index is 205. The molecule has 0 aromatic heterocycles. The second-order valence-electron chi connectivity index (χ2n) is 2.09. The van der Waals surface area contributed by atoms with Crippen molar-refractivity contribution < 1.29 is 33.9 Å². The quantitative estimate of drug-likeness (QED) is 0.403. The molecule has 2 atom stereocenters. The van der Waals surface area contributed by atoms with Crippen LogP contribution in [0.15, 0.2) is 0 Å². The summed E-state index contributed by atoms with van der Waals surface area (Å²) >= 11 is 0. The lowest BCUT2D eigenvalue weighted by Crippen LogP contribution is -2.32. The number of rotatable bonds is 3. The summed E-state index contributed by atoms with van der Waals surface area (Å²) in [5.74, 6) is -1.56.